The molecule has 23 heavy (non-hydrogen) atoms. The molecular weight excluding hydrogens is 294 g/mol. The first-order valence-electron chi connectivity index (χ1n) is 8.00. The molecule has 1 fully saturated rings. The molecule has 0 saturated heterocycles. The third-order valence-electron chi connectivity index (χ3n) is 4.23. The fourth-order valence-corrected chi connectivity index (χ4v) is 2.95. The van der Waals surface area contributed by atoms with E-state index in [1.807, 2.05) is 4.68 Å². The average molecular weight is 315 g/mol. The first-order valence-corrected chi connectivity index (χ1v) is 8.00. The van der Waals surface area contributed by atoms with Crippen LogP contribution in [0.5, 0.6) is 0 Å². The molecule has 1 N–H and O–H groups in total. The van der Waals surface area contributed by atoms with E-state index in [9.17, 15) is 9.59 Å². The lowest BCUT2D eigenvalue weighted by atomic mass is 9.96. The number of nitrogens with zero attached hydrogens (tertiary/aromatic N) is 4. The Bertz CT molecular complexity index is 743. The van der Waals surface area contributed by atoms with E-state index < -0.39 is 0 Å². The number of carbonyl (C=O) groups excluding carboxylic acids is 1. The Kier molecular flexibility index (Phi) is 4.55. The molecule has 3 rings (SSSR count). The number of amides is 1. The molecule has 0 radical (unpaired) electrons. The van der Waals surface area contributed by atoms with Gasteiger partial charge in [0.05, 0.1) is 6.04 Å². The van der Waals surface area contributed by atoms with Crippen LogP contribution in [0, 0.1) is 6.92 Å². The molecule has 0 aliphatic heterocycles. The van der Waals surface area contributed by atoms with E-state index in [1.54, 1.807) is 31.6 Å². The number of carbonyl (C=O) groups is 1. The summed E-state index contributed by atoms with van der Waals surface area (Å²) in [6, 6.07) is 3.85. The molecule has 2 aromatic rings. The van der Waals surface area contributed by atoms with Crippen molar-refractivity contribution in [1.29, 1.82) is 0 Å². The van der Waals surface area contributed by atoms with Crippen molar-refractivity contribution < 1.29 is 4.79 Å². The minimum atomic E-state index is -0.306. The number of hydrogen-bond acceptors (Lipinski definition) is 4. The Labute approximate surface area is 134 Å². The second kappa shape index (κ2) is 6.76. The summed E-state index contributed by atoms with van der Waals surface area (Å²) in [7, 11) is 0. The summed E-state index contributed by atoms with van der Waals surface area (Å²) >= 11 is 0. The van der Waals surface area contributed by atoms with Gasteiger partial charge in [-0.15, -0.1) is 5.10 Å². The molecular formula is C16H21N5O2. The Morgan fingerprint density at radius 3 is 2.91 bits per heavy atom. The molecule has 0 bridgehead atoms. The highest BCUT2D eigenvalue weighted by Gasteiger charge is 2.17. The minimum Gasteiger partial charge on any atom is -0.306 e. The Hall–Kier alpha value is -2.44. The number of anilines is 1. The Morgan fingerprint density at radius 1 is 1.35 bits per heavy atom. The van der Waals surface area contributed by atoms with Gasteiger partial charge in [-0.05, 0) is 25.8 Å². The van der Waals surface area contributed by atoms with E-state index in [4.69, 9.17) is 0 Å². The van der Waals surface area contributed by atoms with E-state index in [1.165, 1.54) is 23.8 Å². The van der Waals surface area contributed by atoms with Gasteiger partial charge in [-0.25, -0.2) is 9.67 Å². The maximum atomic E-state index is 12.1. The van der Waals surface area contributed by atoms with Gasteiger partial charge in [0.2, 0.25) is 11.9 Å². The number of aryl methyl sites for hydroxylation is 1. The van der Waals surface area contributed by atoms with Crippen molar-refractivity contribution in [2.75, 3.05) is 5.32 Å². The molecule has 122 valence electrons. The number of rotatable bonds is 4. The van der Waals surface area contributed by atoms with Crippen LogP contribution in [0.3, 0.4) is 0 Å². The minimum absolute atomic E-state index is 0.0432. The van der Waals surface area contributed by atoms with Gasteiger partial charge in [0.1, 0.15) is 12.9 Å². The first-order chi connectivity index (χ1) is 11.1. The second-order valence-electron chi connectivity index (χ2n) is 6.01. The maximum Gasteiger partial charge on any atom is 0.253 e. The van der Waals surface area contributed by atoms with Crippen LogP contribution in [0.2, 0.25) is 0 Å². The standard InChI is InChI=1S/C16H21N5O2/c1-12-6-5-9-20(15(12)23)10-14(22)18-16-17-11-21(19-16)13-7-3-2-4-8-13/h5-6,9,11,13H,2-4,7-8,10H2,1H3,(H,18,19,22). The lowest BCUT2D eigenvalue weighted by Crippen LogP contribution is -2.28. The summed E-state index contributed by atoms with van der Waals surface area (Å²) < 4.78 is 3.22. The zero-order valence-electron chi connectivity index (χ0n) is 13.2. The predicted molar refractivity (Wildman–Crippen MR) is 86.2 cm³/mol. The van der Waals surface area contributed by atoms with Crippen molar-refractivity contribution in [3.63, 3.8) is 0 Å². The summed E-state index contributed by atoms with van der Waals surface area (Å²) in [5, 5.41) is 7.00. The third-order valence-corrected chi connectivity index (χ3v) is 4.23. The zero-order chi connectivity index (χ0) is 16.2. The molecule has 2 heterocycles. The largest absolute Gasteiger partial charge is 0.306 e. The molecule has 1 aliphatic rings. The lowest BCUT2D eigenvalue weighted by Gasteiger charge is -2.21. The topological polar surface area (TPSA) is 81.8 Å². The average Bonchev–Trinajstić information content (AvgIpc) is 3.01. The quantitative estimate of drug-likeness (QED) is 0.934. The van der Waals surface area contributed by atoms with Gasteiger partial charge in [0.25, 0.3) is 5.56 Å². The molecule has 0 aromatic carbocycles. The van der Waals surface area contributed by atoms with Gasteiger partial charge in [0, 0.05) is 11.8 Å². The van der Waals surface area contributed by atoms with Crippen molar-refractivity contribution in [2.24, 2.45) is 0 Å². The van der Waals surface area contributed by atoms with Crippen molar-refractivity contribution in [3.05, 3.63) is 40.6 Å². The third kappa shape index (κ3) is 3.67. The Balaban J connectivity index is 1.63. The zero-order valence-corrected chi connectivity index (χ0v) is 13.2. The smallest absolute Gasteiger partial charge is 0.253 e. The van der Waals surface area contributed by atoms with Crippen LogP contribution in [0.15, 0.2) is 29.5 Å². The second-order valence-corrected chi connectivity index (χ2v) is 6.01. The van der Waals surface area contributed by atoms with Gasteiger partial charge < -0.3 is 4.57 Å². The maximum absolute atomic E-state index is 12.1. The molecule has 1 aliphatic carbocycles. The molecule has 7 nitrogen and oxygen atoms in total. The lowest BCUT2D eigenvalue weighted by molar-refractivity contribution is -0.116. The van der Waals surface area contributed by atoms with E-state index in [0.29, 0.717) is 17.6 Å². The van der Waals surface area contributed by atoms with E-state index >= 15 is 0 Å². The van der Waals surface area contributed by atoms with Crippen LogP contribution in [-0.2, 0) is 11.3 Å². The fraction of sp³-hybridized carbons (Fsp3) is 0.500. The summed E-state index contributed by atoms with van der Waals surface area (Å²) in [5.41, 5.74) is 0.448. The van der Waals surface area contributed by atoms with Gasteiger partial charge in [-0.3, -0.25) is 14.9 Å². The normalized spacial score (nSPS) is 15.5. The van der Waals surface area contributed by atoms with Crippen molar-refractivity contribution >= 4 is 11.9 Å². The molecule has 1 amide bonds. The van der Waals surface area contributed by atoms with Crippen molar-refractivity contribution in [1.82, 2.24) is 19.3 Å². The highest BCUT2D eigenvalue weighted by atomic mass is 16.2. The number of hydrogen-bond donors (Lipinski definition) is 1. The van der Waals surface area contributed by atoms with Crippen molar-refractivity contribution in [3.8, 4) is 0 Å². The van der Waals surface area contributed by atoms with Crippen LogP contribution in [0.1, 0.15) is 43.7 Å². The Morgan fingerprint density at radius 2 is 2.13 bits per heavy atom. The van der Waals surface area contributed by atoms with Crippen LogP contribution in [-0.4, -0.2) is 25.2 Å². The highest BCUT2D eigenvalue weighted by Crippen LogP contribution is 2.27. The van der Waals surface area contributed by atoms with Crippen LogP contribution in [0.25, 0.3) is 0 Å². The van der Waals surface area contributed by atoms with E-state index in [0.717, 1.165) is 12.8 Å². The summed E-state index contributed by atoms with van der Waals surface area (Å²) in [5.74, 6) is -0.0135. The highest BCUT2D eigenvalue weighted by molar-refractivity contribution is 5.88. The molecule has 0 atom stereocenters. The number of nitrogens with one attached hydrogen (secondary N) is 1. The van der Waals surface area contributed by atoms with Crippen LogP contribution >= 0.6 is 0 Å². The van der Waals surface area contributed by atoms with Gasteiger partial charge >= 0.3 is 0 Å². The first kappa shape index (κ1) is 15.5. The predicted octanol–water partition coefficient (Wildman–Crippen LogP) is 1.89. The SMILES string of the molecule is Cc1cccn(CC(=O)Nc2ncn(C3CCCCC3)n2)c1=O. The molecule has 0 spiro atoms. The molecule has 0 unspecified atom stereocenters. The van der Waals surface area contributed by atoms with Gasteiger partial charge in [-0.2, -0.15) is 0 Å². The fourth-order valence-electron chi connectivity index (χ4n) is 2.95. The van der Waals surface area contributed by atoms with Gasteiger partial charge in [-0.1, -0.05) is 25.3 Å². The van der Waals surface area contributed by atoms with Crippen LogP contribution < -0.4 is 10.9 Å². The molecule has 2 aromatic heterocycles. The molecule has 7 heteroatoms. The van der Waals surface area contributed by atoms with Gasteiger partial charge in [0.15, 0.2) is 0 Å². The van der Waals surface area contributed by atoms with E-state index in [-0.39, 0.29) is 18.0 Å². The summed E-state index contributed by atoms with van der Waals surface area (Å²) in [6.45, 7) is 1.68. The number of pyridine rings is 1. The summed E-state index contributed by atoms with van der Waals surface area (Å²) in [6.07, 6.45) is 9.18. The van der Waals surface area contributed by atoms with E-state index in [2.05, 4.69) is 15.4 Å². The summed E-state index contributed by atoms with van der Waals surface area (Å²) in [4.78, 5) is 28.1. The monoisotopic (exact) mass is 315 g/mol. The number of aromatic nitrogens is 4. The van der Waals surface area contributed by atoms with Crippen LogP contribution in [0.4, 0.5) is 5.95 Å². The molecule has 1 saturated carbocycles. The van der Waals surface area contributed by atoms with Crippen molar-refractivity contribution in [2.45, 2.75) is 51.6 Å².